The van der Waals surface area contributed by atoms with E-state index in [1.165, 1.54) is 18.5 Å². The first-order valence-electron chi connectivity index (χ1n) is 9.37. The van der Waals surface area contributed by atoms with Crippen LogP contribution in [0.3, 0.4) is 0 Å². The van der Waals surface area contributed by atoms with E-state index in [1.807, 2.05) is 0 Å². The number of aromatic nitrogens is 4. The Balaban J connectivity index is 1.67. The fourth-order valence-electron chi connectivity index (χ4n) is 2.99. The van der Waals surface area contributed by atoms with Gasteiger partial charge in [-0.15, -0.1) is 0 Å². The Morgan fingerprint density at radius 2 is 2.06 bits per heavy atom. The number of H-pyrrole nitrogens is 1. The third-order valence-corrected chi connectivity index (χ3v) is 4.75. The van der Waals surface area contributed by atoms with Crippen LogP contribution in [0.1, 0.15) is 17.0 Å². The van der Waals surface area contributed by atoms with Gasteiger partial charge in [0.05, 0.1) is 23.9 Å². The molecule has 1 aliphatic rings. The van der Waals surface area contributed by atoms with Gasteiger partial charge >= 0.3 is 6.18 Å². The molecule has 0 bridgehead atoms. The fraction of sp³-hybridized carbons (Fsp3) is 0.150. The molecule has 34 heavy (non-hydrogen) atoms. The van der Waals surface area contributed by atoms with Gasteiger partial charge < -0.3 is 4.74 Å². The number of amides is 1. The van der Waals surface area contributed by atoms with Gasteiger partial charge in [-0.2, -0.15) is 28.5 Å². The largest absolute Gasteiger partial charge is 0.449 e. The maximum atomic E-state index is 13.5. The van der Waals surface area contributed by atoms with Crippen molar-refractivity contribution in [2.45, 2.75) is 12.7 Å². The summed E-state index contributed by atoms with van der Waals surface area (Å²) in [6.07, 6.45) is -1.69. The molecule has 0 aliphatic carbocycles. The van der Waals surface area contributed by atoms with Gasteiger partial charge in [0.2, 0.25) is 5.75 Å². The molecule has 4 rings (SSSR count). The lowest BCUT2D eigenvalue weighted by Crippen LogP contribution is -2.32. The summed E-state index contributed by atoms with van der Waals surface area (Å²) in [5.74, 6) is -3.03. The molecule has 3 aromatic rings. The first kappa shape index (κ1) is 22.9. The van der Waals surface area contributed by atoms with E-state index < -0.39 is 35.0 Å². The van der Waals surface area contributed by atoms with Crippen molar-refractivity contribution in [3.63, 3.8) is 0 Å². The number of nitrogens with zero attached hydrogens (tertiary/aromatic N) is 6. The monoisotopic (exact) mass is 489 g/mol. The summed E-state index contributed by atoms with van der Waals surface area (Å²) in [6, 6.07) is 6.86. The lowest BCUT2D eigenvalue weighted by Gasteiger charge is -2.17. The second-order valence-corrected chi connectivity index (χ2v) is 7.33. The number of nitrogens with one attached hydrogen (secondary N) is 1. The molecular weight excluding hydrogens is 479 g/mol. The zero-order valence-corrected chi connectivity index (χ0v) is 17.5. The summed E-state index contributed by atoms with van der Waals surface area (Å²) in [4.78, 5) is 36.5. The molecule has 1 amide bonds. The van der Waals surface area contributed by atoms with E-state index in [0.717, 1.165) is 16.7 Å². The Labute approximate surface area is 193 Å². The van der Waals surface area contributed by atoms with Crippen LogP contribution in [0.2, 0.25) is 5.02 Å². The molecule has 1 N–H and O–H groups in total. The van der Waals surface area contributed by atoms with Gasteiger partial charge in [-0.25, -0.2) is 9.98 Å². The molecule has 0 saturated heterocycles. The fourth-order valence-corrected chi connectivity index (χ4v) is 3.21. The predicted octanol–water partition coefficient (Wildman–Crippen LogP) is 2.98. The van der Waals surface area contributed by atoms with Gasteiger partial charge in [0.25, 0.3) is 11.5 Å². The Morgan fingerprint density at radius 3 is 2.71 bits per heavy atom. The van der Waals surface area contributed by atoms with Gasteiger partial charge in [-0.1, -0.05) is 11.6 Å². The van der Waals surface area contributed by atoms with Crippen LogP contribution < -0.4 is 10.3 Å². The van der Waals surface area contributed by atoms with Crippen LogP contribution in [0.4, 0.5) is 13.2 Å². The topological polar surface area (TPSA) is 138 Å². The number of carbonyl (C=O) groups is 1. The average Bonchev–Trinajstić information content (AvgIpc) is 3.31. The highest BCUT2D eigenvalue weighted by Crippen LogP contribution is 2.35. The summed E-state index contributed by atoms with van der Waals surface area (Å²) >= 11 is 5.87. The third-order valence-electron chi connectivity index (χ3n) is 4.53. The highest BCUT2D eigenvalue weighted by Gasteiger charge is 2.39. The summed E-state index contributed by atoms with van der Waals surface area (Å²) < 4.78 is 46.5. The number of hydrogen-bond donors (Lipinski definition) is 1. The first-order valence-corrected chi connectivity index (χ1v) is 9.75. The van der Waals surface area contributed by atoms with Gasteiger partial charge in [0.1, 0.15) is 11.4 Å². The van der Waals surface area contributed by atoms with Crippen molar-refractivity contribution >= 4 is 29.6 Å². The van der Waals surface area contributed by atoms with E-state index >= 15 is 0 Å². The zero-order valence-electron chi connectivity index (χ0n) is 16.7. The molecule has 0 spiro atoms. The molecule has 1 atom stereocenters. The maximum absolute atomic E-state index is 13.5. The summed E-state index contributed by atoms with van der Waals surface area (Å²) in [6.45, 7) is -0.387. The number of aliphatic imine (C=N–C) groups is 2. The Morgan fingerprint density at radius 1 is 1.26 bits per heavy atom. The van der Waals surface area contributed by atoms with Crippen LogP contribution >= 0.6 is 11.6 Å². The normalized spacial score (nSPS) is 15.7. The number of halogens is 4. The number of hydrogen-bond acceptors (Lipinski definition) is 7. The molecule has 1 aliphatic heterocycles. The van der Waals surface area contributed by atoms with Crippen molar-refractivity contribution in [1.29, 1.82) is 5.26 Å². The molecule has 10 nitrogen and oxygen atoms in total. The van der Waals surface area contributed by atoms with Gasteiger partial charge in [-0.05, 0) is 24.3 Å². The van der Waals surface area contributed by atoms with Crippen molar-refractivity contribution in [3.05, 3.63) is 69.1 Å². The summed E-state index contributed by atoms with van der Waals surface area (Å²) in [5, 5.41) is 15.4. The number of benzene rings is 1. The Hall–Kier alpha value is -4.31. The smallest absolute Gasteiger partial charge is 0.437 e. The van der Waals surface area contributed by atoms with E-state index in [-0.39, 0.29) is 28.7 Å². The summed E-state index contributed by atoms with van der Waals surface area (Å²) in [7, 11) is 0. The Kier molecular flexibility index (Phi) is 5.99. The molecule has 0 radical (unpaired) electrons. The average molecular weight is 490 g/mol. The summed E-state index contributed by atoms with van der Waals surface area (Å²) in [5.41, 5.74) is -2.37. The number of aromatic amines is 1. The Bertz CT molecular complexity index is 1420. The van der Waals surface area contributed by atoms with Gasteiger partial charge in [-0.3, -0.25) is 19.3 Å². The molecule has 2 aromatic heterocycles. The first-order chi connectivity index (χ1) is 16.2. The van der Waals surface area contributed by atoms with Crippen LogP contribution in [0.15, 0.2) is 51.6 Å². The minimum Gasteiger partial charge on any atom is -0.449 e. The second kappa shape index (κ2) is 8.91. The quantitative estimate of drug-likeness (QED) is 0.584. The molecule has 0 fully saturated rings. The van der Waals surface area contributed by atoms with Crippen LogP contribution in [0.25, 0.3) is 0 Å². The maximum Gasteiger partial charge on any atom is 0.437 e. The van der Waals surface area contributed by atoms with Crippen molar-refractivity contribution in [3.8, 4) is 17.6 Å². The second-order valence-electron chi connectivity index (χ2n) is 6.90. The third kappa shape index (κ3) is 4.71. The van der Waals surface area contributed by atoms with Crippen LogP contribution in [-0.2, 0) is 17.5 Å². The van der Waals surface area contributed by atoms with E-state index in [4.69, 9.17) is 21.6 Å². The van der Waals surface area contributed by atoms with E-state index in [0.29, 0.717) is 12.0 Å². The van der Waals surface area contributed by atoms with E-state index in [1.54, 1.807) is 12.1 Å². The molecule has 3 heterocycles. The van der Waals surface area contributed by atoms with Gasteiger partial charge in [0.15, 0.2) is 11.5 Å². The standard InChI is InChI=1S/C20H11ClF3N7O3/c21-12-3-10(6-25)4-13(5-12)34-15-16(20(22,23)24)27-9-31(19(15)33)8-11-7-26-17(29-18(11)32)14-1-2-28-30-14/h1-5,7,9,11H,8H2,(H,28,30). The predicted molar refractivity (Wildman–Crippen MR) is 112 cm³/mol. The number of ether oxygens (including phenoxy) is 1. The lowest BCUT2D eigenvalue weighted by molar-refractivity contribution is -0.142. The van der Waals surface area contributed by atoms with Gasteiger partial charge in [0, 0.05) is 24.0 Å². The molecule has 14 heteroatoms. The van der Waals surface area contributed by atoms with Crippen molar-refractivity contribution in [2.75, 3.05) is 0 Å². The minimum atomic E-state index is -5.02. The van der Waals surface area contributed by atoms with Crippen LogP contribution in [-0.4, -0.2) is 37.7 Å². The molecule has 0 saturated carbocycles. The minimum absolute atomic E-state index is 0.00946. The number of alkyl halides is 3. The van der Waals surface area contributed by atoms with Crippen molar-refractivity contribution in [2.24, 2.45) is 15.9 Å². The molecule has 1 aromatic carbocycles. The number of carbonyl (C=O) groups excluding carboxylic acids is 1. The number of amidine groups is 1. The molecular formula is C20H11ClF3N7O3. The van der Waals surface area contributed by atoms with Crippen LogP contribution in [0.5, 0.6) is 11.5 Å². The highest BCUT2D eigenvalue weighted by molar-refractivity contribution is 6.30. The van der Waals surface area contributed by atoms with Crippen LogP contribution in [0, 0.1) is 17.2 Å². The van der Waals surface area contributed by atoms with E-state index in [2.05, 4.69) is 25.2 Å². The van der Waals surface area contributed by atoms with Crippen molar-refractivity contribution < 1.29 is 22.7 Å². The number of nitriles is 1. The SMILES string of the molecule is N#Cc1cc(Cl)cc(Oc2c(C(F)(F)F)ncn(CC3C=NC(c4ccn[nH]4)=NC3=O)c2=O)c1. The number of rotatable bonds is 5. The molecule has 172 valence electrons. The lowest BCUT2D eigenvalue weighted by atomic mass is 10.1. The molecule has 1 unspecified atom stereocenters. The zero-order chi connectivity index (χ0) is 24.5. The van der Waals surface area contributed by atoms with Crippen molar-refractivity contribution in [1.82, 2.24) is 19.7 Å². The van der Waals surface area contributed by atoms with E-state index in [9.17, 15) is 22.8 Å². The highest BCUT2D eigenvalue weighted by atomic mass is 35.5.